The van der Waals surface area contributed by atoms with Crippen LogP contribution < -0.4 is 0 Å². The van der Waals surface area contributed by atoms with Crippen LogP contribution in [0, 0.1) is 5.41 Å². The largest absolute Gasteiger partial charge is 0.355 e. The molecule has 0 radical (unpaired) electrons. The van der Waals surface area contributed by atoms with Crippen LogP contribution in [0.1, 0.15) is 11.1 Å². The van der Waals surface area contributed by atoms with E-state index in [2.05, 4.69) is 16.8 Å². The van der Waals surface area contributed by atoms with Crippen LogP contribution in [0.5, 0.6) is 0 Å². The summed E-state index contributed by atoms with van der Waals surface area (Å²) in [5, 5.41) is 12.3. The van der Waals surface area contributed by atoms with Gasteiger partial charge in [0.05, 0.1) is 0 Å². The average molecular weight is 230 g/mol. The molecule has 0 saturated carbocycles. The first-order valence-corrected chi connectivity index (χ1v) is 6.08. The third-order valence-corrected chi connectivity index (χ3v) is 3.16. The van der Waals surface area contributed by atoms with Crippen molar-refractivity contribution >= 4 is 17.2 Å². The van der Waals surface area contributed by atoms with Gasteiger partial charge in [-0.1, -0.05) is 30.3 Å². The molecule has 0 unspecified atom stereocenters. The lowest BCUT2D eigenvalue weighted by Gasteiger charge is -2.19. The summed E-state index contributed by atoms with van der Waals surface area (Å²) in [5.74, 6) is 0.562. The summed E-state index contributed by atoms with van der Waals surface area (Å²) < 4.78 is 0. The maximum absolute atomic E-state index is 8.07. The zero-order chi connectivity index (χ0) is 11.4. The van der Waals surface area contributed by atoms with E-state index in [0.29, 0.717) is 5.84 Å². The zero-order valence-electron chi connectivity index (χ0n) is 9.18. The van der Waals surface area contributed by atoms with Crippen LogP contribution in [0.2, 0.25) is 0 Å². The Kier molecular flexibility index (Phi) is 3.37. The first-order chi connectivity index (χ1) is 7.77. The lowest BCUT2D eigenvalue weighted by atomic mass is 10.2. The molecule has 3 heteroatoms. The van der Waals surface area contributed by atoms with Gasteiger partial charge in [-0.25, -0.2) is 0 Å². The van der Waals surface area contributed by atoms with Gasteiger partial charge in [0.15, 0.2) is 0 Å². The highest BCUT2D eigenvalue weighted by atomic mass is 32.1. The highest BCUT2D eigenvalue weighted by Gasteiger charge is 2.07. The SMILES string of the molecule is CN(Cc1ccsc1)C(=N)c1ccccc1. The molecule has 0 amide bonds. The molecule has 0 aliphatic heterocycles. The molecular weight excluding hydrogens is 216 g/mol. The molecule has 0 saturated heterocycles. The average Bonchev–Trinajstić information content (AvgIpc) is 2.82. The maximum Gasteiger partial charge on any atom is 0.128 e. The Morgan fingerprint density at radius 3 is 2.62 bits per heavy atom. The number of nitrogens with one attached hydrogen (secondary N) is 1. The van der Waals surface area contributed by atoms with Gasteiger partial charge in [-0.15, -0.1) is 0 Å². The van der Waals surface area contributed by atoms with Crippen LogP contribution in [0.4, 0.5) is 0 Å². The molecule has 16 heavy (non-hydrogen) atoms. The highest BCUT2D eigenvalue weighted by molar-refractivity contribution is 7.07. The summed E-state index contributed by atoms with van der Waals surface area (Å²) in [6, 6.07) is 11.9. The van der Waals surface area contributed by atoms with E-state index in [1.165, 1.54) is 5.56 Å². The van der Waals surface area contributed by atoms with Crippen molar-refractivity contribution in [2.24, 2.45) is 0 Å². The van der Waals surface area contributed by atoms with Crippen molar-refractivity contribution in [2.75, 3.05) is 7.05 Å². The van der Waals surface area contributed by atoms with Crippen molar-refractivity contribution < 1.29 is 0 Å². The number of nitrogens with zero attached hydrogens (tertiary/aromatic N) is 1. The second kappa shape index (κ2) is 4.94. The van der Waals surface area contributed by atoms with Crippen LogP contribution in [0.15, 0.2) is 47.2 Å². The van der Waals surface area contributed by atoms with Crippen LogP contribution in [0.3, 0.4) is 0 Å². The summed E-state index contributed by atoms with van der Waals surface area (Å²) in [5.41, 5.74) is 2.22. The Labute approximate surface area is 99.7 Å². The topological polar surface area (TPSA) is 27.1 Å². The molecule has 0 bridgehead atoms. The van der Waals surface area contributed by atoms with E-state index in [1.54, 1.807) is 11.3 Å². The fourth-order valence-electron chi connectivity index (χ4n) is 1.55. The summed E-state index contributed by atoms with van der Waals surface area (Å²) in [4.78, 5) is 1.96. The molecule has 0 atom stereocenters. The molecule has 1 heterocycles. The number of hydrogen-bond acceptors (Lipinski definition) is 2. The first-order valence-electron chi connectivity index (χ1n) is 5.13. The minimum atomic E-state index is 0.562. The van der Waals surface area contributed by atoms with Crippen molar-refractivity contribution in [2.45, 2.75) is 6.54 Å². The Morgan fingerprint density at radius 1 is 1.25 bits per heavy atom. The number of benzene rings is 1. The molecular formula is C13H14N2S. The molecule has 0 aliphatic rings. The maximum atomic E-state index is 8.07. The second-order valence-corrected chi connectivity index (χ2v) is 4.48. The van der Waals surface area contributed by atoms with Gasteiger partial charge in [-0.05, 0) is 22.4 Å². The lowest BCUT2D eigenvalue weighted by molar-refractivity contribution is 0.499. The number of hydrogen-bond donors (Lipinski definition) is 1. The number of thiophene rings is 1. The van der Waals surface area contributed by atoms with E-state index in [9.17, 15) is 0 Å². The molecule has 0 fully saturated rings. The Morgan fingerprint density at radius 2 is 2.00 bits per heavy atom. The van der Waals surface area contributed by atoms with Crippen LogP contribution in [-0.4, -0.2) is 17.8 Å². The van der Waals surface area contributed by atoms with Crippen LogP contribution >= 0.6 is 11.3 Å². The predicted octanol–water partition coefficient (Wildman–Crippen LogP) is 3.21. The van der Waals surface area contributed by atoms with Gasteiger partial charge in [0.1, 0.15) is 5.84 Å². The lowest BCUT2D eigenvalue weighted by Crippen LogP contribution is -2.25. The van der Waals surface area contributed by atoms with Gasteiger partial charge >= 0.3 is 0 Å². The first kappa shape index (κ1) is 10.9. The van der Waals surface area contributed by atoms with Crippen molar-refractivity contribution in [1.82, 2.24) is 4.90 Å². The third-order valence-electron chi connectivity index (χ3n) is 2.43. The Balaban J connectivity index is 2.05. The quantitative estimate of drug-likeness (QED) is 0.636. The monoisotopic (exact) mass is 230 g/mol. The molecule has 2 nitrogen and oxygen atoms in total. The Hall–Kier alpha value is -1.61. The summed E-state index contributed by atoms with van der Waals surface area (Å²) in [7, 11) is 1.95. The van der Waals surface area contributed by atoms with E-state index < -0.39 is 0 Å². The van der Waals surface area contributed by atoms with Gasteiger partial charge in [0.25, 0.3) is 0 Å². The fourth-order valence-corrected chi connectivity index (χ4v) is 2.21. The Bertz CT molecular complexity index is 448. The molecule has 2 rings (SSSR count). The van der Waals surface area contributed by atoms with Gasteiger partial charge in [0.2, 0.25) is 0 Å². The van der Waals surface area contributed by atoms with E-state index in [-0.39, 0.29) is 0 Å². The minimum absolute atomic E-state index is 0.562. The molecule has 0 spiro atoms. The van der Waals surface area contributed by atoms with Gasteiger partial charge in [-0.3, -0.25) is 5.41 Å². The van der Waals surface area contributed by atoms with Gasteiger partial charge in [0, 0.05) is 19.2 Å². The minimum Gasteiger partial charge on any atom is -0.355 e. The molecule has 1 aromatic carbocycles. The van der Waals surface area contributed by atoms with Crippen LogP contribution in [0.25, 0.3) is 0 Å². The summed E-state index contributed by atoms with van der Waals surface area (Å²) >= 11 is 1.69. The van der Waals surface area contributed by atoms with Gasteiger partial charge in [-0.2, -0.15) is 11.3 Å². The predicted molar refractivity (Wildman–Crippen MR) is 69.1 cm³/mol. The smallest absolute Gasteiger partial charge is 0.128 e. The van der Waals surface area contributed by atoms with Crippen molar-refractivity contribution in [3.63, 3.8) is 0 Å². The van der Waals surface area contributed by atoms with Crippen molar-refractivity contribution in [1.29, 1.82) is 5.41 Å². The number of amidine groups is 1. The zero-order valence-corrected chi connectivity index (χ0v) is 10.00. The van der Waals surface area contributed by atoms with E-state index in [0.717, 1.165) is 12.1 Å². The normalized spacial score (nSPS) is 10.1. The van der Waals surface area contributed by atoms with E-state index >= 15 is 0 Å². The number of rotatable bonds is 3. The summed E-state index contributed by atoms with van der Waals surface area (Å²) in [6.07, 6.45) is 0. The molecule has 82 valence electrons. The highest BCUT2D eigenvalue weighted by Crippen LogP contribution is 2.10. The standard InChI is InChI=1S/C13H14N2S/c1-15(9-11-7-8-16-10-11)13(14)12-5-3-2-4-6-12/h2-8,10,14H,9H2,1H3. The van der Waals surface area contributed by atoms with E-state index in [1.807, 2.05) is 42.3 Å². The molecule has 1 N–H and O–H groups in total. The second-order valence-electron chi connectivity index (χ2n) is 3.70. The van der Waals surface area contributed by atoms with Gasteiger partial charge < -0.3 is 4.90 Å². The summed E-state index contributed by atoms with van der Waals surface area (Å²) in [6.45, 7) is 0.789. The molecule has 0 aliphatic carbocycles. The van der Waals surface area contributed by atoms with Crippen molar-refractivity contribution in [3.8, 4) is 0 Å². The molecule has 2 aromatic rings. The fraction of sp³-hybridized carbons (Fsp3) is 0.154. The third kappa shape index (κ3) is 2.49. The van der Waals surface area contributed by atoms with E-state index in [4.69, 9.17) is 5.41 Å². The molecule has 1 aromatic heterocycles. The van der Waals surface area contributed by atoms with Crippen molar-refractivity contribution in [3.05, 3.63) is 58.3 Å². The van der Waals surface area contributed by atoms with Crippen LogP contribution in [-0.2, 0) is 6.54 Å².